The molecule has 0 bridgehead atoms. The third-order valence-electron chi connectivity index (χ3n) is 3.36. The first kappa shape index (κ1) is 20.4. The van der Waals surface area contributed by atoms with Crippen LogP contribution in [-0.4, -0.2) is 43.2 Å². The van der Waals surface area contributed by atoms with E-state index < -0.39 is 0 Å². The second-order valence-corrected chi connectivity index (χ2v) is 6.73. The van der Waals surface area contributed by atoms with E-state index in [1.807, 2.05) is 20.8 Å². The van der Waals surface area contributed by atoms with E-state index in [0.717, 1.165) is 6.54 Å². The zero-order valence-corrected chi connectivity index (χ0v) is 15.2. The van der Waals surface area contributed by atoms with Gasteiger partial charge in [0, 0.05) is 24.5 Å². The van der Waals surface area contributed by atoms with Crippen molar-refractivity contribution in [2.24, 2.45) is 0 Å². The average molecular weight is 356 g/mol. The Balaban J connectivity index is 0.00000288. The molecule has 2 amide bonds. The molecule has 0 radical (unpaired) electrons. The SMILES string of the molecule is CC(C)(C)NC(=O)c1ccccc1NC(=O)CC1COCCN1.Cl. The smallest absolute Gasteiger partial charge is 0.253 e. The van der Waals surface area contributed by atoms with Crippen LogP contribution in [0.15, 0.2) is 24.3 Å². The summed E-state index contributed by atoms with van der Waals surface area (Å²) in [7, 11) is 0. The number of carbonyl (C=O) groups excluding carboxylic acids is 2. The molecule has 134 valence electrons. The van der Waals surface area contributed by atoms with Crippen LogP contribution in [-0.2, 0) is 9.53 Å². The van der Waals surface area contributed by atoms with Crippen LogP contribution in [0, 0.1) is 0 Å². The Hall–Kier alpha value is -1.63. The lowest BCUT2D eigenvalue weighted by Gasteiger charge is -2.24. The molecule has 7 heteroatoms. The van der Waals surface area contributed by atoms with Crippen LogP contribution in [0.1, 0.15) is 37.6 Å². The minimum Gasteiger partial charge on any atom is -0.378 e. The van der Waals surface area contributed by atoms with Crippen molar-refractivity contribution in [2.45, 2.75) is 38.8 Å². The standard InChI is InChI=1S/C17H25N3O3.ClH/c1-17(2,3)20-16(22)13-6-4-5-7-14(13)19-15(21)10-12-11-23-9-8-18-12;/h4-7,12,18H,8-11H2,1-3H3,(H,19,21)(H,20,22);1H. The zero-order chi connectivity index (χ0) is 16.9. The van der Waals surface area contributed by atoms with E-state index in [2.05, 4.69) is 16.0 Å². The first-order valence-electron chi connectivity index (χ1n) is 7.88. The summed E-state index contributed by atoms with van der Waals surface area (Å²) in [5.74, 6) is -0.337. The molecule has 0 spiro atoms. The molecule has 1 atom stereocenters. The zero-order valence-electron chi connectivity index (χ0n) is 14.3. The fourth-order valence-electron chi connectivity index (χ4n) is 2.37. The van der Waals surface area contributed by atoms with E-state index in [-0.39, 0.29) is 35.8 Å². The maximum absolute atomic E-state index is 12.4. The van der Waals surface area contributed by atoms with Crippen molar-refractivity contribution in [1.29, 1.82) is 0 Å². The van der Waals surface area contributed by atoms with Gasteiger partial charge in [0.2, 0.25) is 5.91 Å². The molecule has 0 aliphatic carbocycles. The van der Waals surface area contributed by atoms with Crippen LogP contribution in [0.4, 0.5) is 5.69 Å². The summed E-state index contributed by atoms with van der Waals surface area (Å²) in [4.78, 5) is 24.6. The van der Waals surface area contributed by atoms with Gasteiger partial charge in [-0.3, -0.25) is 9.59 Å². The van der Waals surface area contributed by atoms with Gasteiger partial charge in [0.1, 0.15) is 0 Å². The molecular formula is C17H26ClN3O3. The second-order valence-electron chi connectivity index (χ2n) is 6.73. The van der Waals surface area contributed by atoms with Crippen molar-refractivity contribution in [2.75, 3.05) is 25.1 Å². The van der Waals surface area contributed by atoms with Crippen LogP contribution in [0.5, 0.6) is 0 Å². The summed E-state index contributed by atoms with van der Waals surface area (Å²) in [5.41, 5.74) is 0.650. The number of carbonyl (C=O) groups is 2. The van der Waals surface area contributed by atoms with E-state index in [4.69, 9.17) is 4.74 Å². The topological polar surface area (TPSA) is 79.5 Å². The molecule has 2 rings (SSSR count). The second kappa shape index (κ2) is 9.01. The number of para-hydroxylation sites is 1. The van der Waals surface area contributed by atoms with Gasteiger partial charge in [-0.2, -0.15) is 0 Å². The summed E-state index contributed by atoms with van der Waals surface area (Å²) in [6.45, 7) is 7.71. The Morgan fingerprint density at radius 1 is 1.29 bits per heavy atom. The lowest BCUT2D eigenvalue weighted by Crippen LogP contribution is -2.43. The normalized spacial score (nSPS) is 17.5. The number of ether oxygens (including phenoxy) is 1. The van der Waals surface area contributed by atoms with Gasteiger partial charge in [-0.25, -0.2) is 0 Å². The Morgan fingerprint density at radius 2 is 2.00 bits per heavy atom. The van der Waals surface area contributed by atoms with Gasteiger partial charge in [0.25, 0.3) is 5.91 Å². The molecule has 1 saturated heterocycles. The van der Waals surface area contributed by atoms with Crippen LogP contribution >= 0.6 is 12.4 Å². The molecule has 3 N–H and O–H groups in total. The number of anilines is 1. The van der Waals surface area contributed by atoms with Crippen molar-refractivity contribution < 1.29 is 14.3 Å². The van der Waals surface area contributed by atoms with E-state index in [1.165, 1.54) is 0 Å². The van der Waals surface area contributed by atoms with E-state index in [0.29, 0.717) is 30.9 Å². The number of amides is 2. The molecule has 1 aromatic carbocycles. The number of benzene rings is 1. The number of hydrogen-bond acceptors (Lipinski definition) is 4. The van der Waals surface area contributed by atoms with Gasteiger partial charge < -0.3 is 20.7 Å². The Bertz CT molecular complexity index is 566. The quantitative estimate of drug-likeness (QED) is 0.771. The number of nitrogens with one attached hydrogen (secondary N) is 3. The molecule has 1 heterocycles. The van der Waals surface area contributed by atoms with E-state index in [9.17, 15) is 9.59 Å². The van der Waals surface area contributed by atoms with Crippen molar-refractivity contribution in [3.63, 3.8) is 0 Å². The van der Waals surface area contributed by atoms with Crippen molar-refractivity contribution in [1.82, 2.24) is 10.6 Å². The van der Waals surface area contributed by atoms with Crippen molar-refractivity contribution in [3.05, 3.63) is 29.8 Å². The molecular weight excluding hydrogens is 330 g/mol. The van der Waals surface area contributed by atoms with Crippen LogP contribution in [0.3, 0.4) is 0 Å². The molecule has 1 unspecified atom stereocenters. The third-order valence-corrected chi connectivity index (χ3v) is 3.36. The van der Waals surface area contributed by atoms with Crippen molar-refractivity contribution >= 4 is 29.9 Å². The minimum absolute atomic E-state index is 0. The van der Waals surface area contributed by atoms with Crippen molar-refractivity contribution in [3.8, 4) is 0 Å². The fourth-order valence-corrected chi connectivity index (χ4v) is 2.37. The van der Waals surface area contributed by atoms with Gasteiger partial charge in [-0.05, 0) is 32.9 Å². The first-order chi connectivity index (χ1) is 10.8. The van der Waals surface area contributed by atoms with Crippen LogP contribution in [0.2, 0.25) is 0 Å². The predicted octanol–water partition coefficient (Wildman–Crippen LogP) is 1.95. The van der Waals surface area contributed by atoms with E-state index >= 15 is 0 Å². The summed E-state index contributed by atoms with van der Waals surface area (Å²) in [5, 5.41) is 8.98. The molecule has 1 aliphatic rings. The predicted molar refractivity (Wildman–Crippen MR) is 96.8 cm³/mol. The molecule has 1 aromatic rings. The highest BCUT2D eigenvalue weighted by Crippen LogP contribution is 2.17. The fraction of sp³-hybridized carbons (Fsp3) is 0.529. The molecule has 1 fully saturated rings. The highest BCUT2D eigenvalue weighted by Gasteiger charge is 2.20. The van der Waals surface area contributed by atoms with Gasteiger partial charge in [0.05, 0.1) is 24.5 Å². The average Bonchev–Trinajstić information content (AvgIpc) is 2.47. The summed E-state index contributed by atoms with van der Waals surface area (Å²) < 4.78 is 5.34. The lowest BCUT2D eigenvalue weighted by molar-refractivity contribution is -0.117. The first-order valence-corrected chi connectivity index (χ1v) is 7.88. The van der Waals surface area contributed by atoms with Gasteiger partial charge in [-0.15, -0.1) is 12.4 Å². The largest absolute Gasteiger partial charge is 0.378 e. The maximum atomic E-state index is 12.4. The number of hydrogen-bond donors (Lipinski definition) is 3. The van der Waals surface area contributed by atoms with Gasteiger partial charge in [-0.1, -0.05) is 12.1 Å². The Labute approximate surface area is 149 Å². The summed E-state index contributed by atoms with van der Waals surface area (Å²) in [6.07, 6.45) is 0.315. The minimum atomic E-state index is -0.336. The third kappa shape index (κ3) is 6.47. The van der Waals surface area contributed by atoms with Crippen LogP contribution < -0.4 is 16.0 Å². The monoisotopic (exact) mass is 355 g/mol. The number of halogens is 1. The molecule has 24 heavy (non-hydrogen) atoms. The van der Waals surface area contributed by atoms with E-state index in [1.54, 1.807) is 24.3 Å². The lowest BCUT2D eigenvalue weighted by atomic mass is 10.1. The molecule has 1 aliphatic heterocycles. The molecule has 0 aromatic heterocycles. The number of morpholine rings is 1. The number of rotatable bonds is 4. The summed E-state index contributed by atoms with van der Waals surface area (Å²) in [6, 6.07) is 7.04. The Morgan fingerprint density at radius 3 is 2.62 bits per heavy atom. The maximum Gasteiger partial charge on any atom is 0.253 e. The van der Waals surface area contributed by atoms with Crippen LogP contribution in [0.25, 0.3) is 0 Å². The summed E-state index contributed by atoms with van der Waals surface area (Å²) >= 11 is 0. The highest BCUT2D eigenvalue weighted by atomic mass is 35.5. The molecule has 0 saturated carbocycles. The Kier molecular flexibility index (Phi) is 7.66. The molecule has 6 nitrogen and oxygen atoms in total. The van der Waals surface area contributed by atoms with Gasteiger partial charge in [0.15, 0.2) is 0 Å². The highest BCUT2D eigenvalue weighted by molar-refractivity contribution is 6.04. The van der Waals surface area contributed by atoms with Gasteiger partial charge >= 0.3 is 0 Å².